The Balaban J connectivity index is 0.000000141. The summed E-state index contributed by atoms with van der Waals surface area (Å²) in [7, 11) is 0. The first-order valence-electron chi connectivity index (χ1n) is 35.5. The second-order valence-corrected chi connectivity index (χ2v) is 26.5. The predicted octanol–water partition coefficient (Wildman–Crippen LogP) is 24.7. The molecular weight excluding hydrogens is 1300 g/mol. The number of rotatable bonds is 11. The van der Waals surface area contributed by atoms with E-state index in [0.717, 1.165) is 144 Å². The fourth-order valence-corrected chi connectivity index (χ4v) is 15.1. The highest BCUT2D eigenvalue weighted by Gasteiger charge is 2.22. The average molecular weight is 1360 g/mol. The van der Waals surface area contributed by atoms with Crippen LogP contribution in [0.5, 0.6) is 0 Å². The third-order valence-corrected chi connectivity index (χ3v) is 20.1. The molecule has 0 fully saturated rings. The summed E-state index contributed by atoms with van der Waals surface area (Å²) in [5.74, 6) is 3.83. The standard InChI is InChI=1S/C51H32N4O.C45H28N4O/c1-3-14-33(15-4-1)49-52-50(34-16-5-2-6-17-34)54-51(53-49)38-20-11-18-35(30-38)36-19-12-21-39(31-36)55-45-26-9-7-22-41(45)44-32-37(28-29-46(44)55)40-24-13-25-43-42-23-8-10-27-47(42)56-48(40)43;1-3-13-29(14-4-1)43-46-44(30-15-5-2-6-16-30)48-45(47-43)32-17-11-18-33(27-32)49-39-23-9-7-19-35(39)38-28-31(25-26-40(38)49)34-21-12-22-37-36-20-8-10-24-41(36)50-42(34)37/h1-32H;1-28H. The lowest BCUT2D eigenvalue weighted by molar-refractivity contribution is 0.669. The molecule has 21 rings (SSSR count). The second-order valence-electron chi connectivity index (χ2n) is 26.5. The van der Waals surface area contributed by atoms with E-state index >= 15 is 0 Å². The van der Waals surface area contributed by atoms with E-state index in [2.05, 4.69) is 228 Å². The van der Waals surface area contributed by atoms with Gasteiger partial charge in [-0.1, -0.05) is 285 Å². The molecule has 0 saturated heterocycles. The van der Waals surface area contributed by atoms with Gasteiger partial charge in [0.1, 0.15) is 22.3 Å². The Morgan fingerprint density at radius 2 is 0.472 bits per heavy atom. The van der Waals surface area contributed by atoms with Crippen LogP contribution in [0.2, 0.25) is 0 Å². The third-order valence-electron chi connectivity index (χ3n) is 20.1. The molecule has 0 spiro atoms. The minimum absolute atomic E-state index is 0.626. The molecule has 0 bridgehead atoms. The van der Waals surface area contributed by atoms with Gasteiger partial charge < -0.3 is 18.0 Å². The number of benzene rings is 15. The van der Waals surface area contributed by atoms with E-state index in [1.807, 2.05) is 146 Å². The summed E-state index contributed by atoms with van der Waals surface area (Å²) in [4.78, 5) is 29.7. The minimum atomic E-state index is 0.626. The van der Waals surface area contributed by atoms with Crippen molar-refractivity contribution < 1.29 is 8.83 Å². The zero-order chi connectivity index (χ0) is 70.0. The summed E-state index contributed by atoms with van der Waals surface area (Å²) in [5, 5.41) is 9.27. The number of furan rings is 2. The summed E-state index contributed by atoms with van der Waals surface area (Å²) in [5.41, 5.74) is 22.5. The first-order valence-corrected chi connectivity index (χ1v) is 35.5. The van der Waals surface area contributed by atoms with Crippen LogP contribution in [-0.2, 0) is 0 Å². The van der Waals surface area contributed by atoms with E-state index in [1.54, 1.807) is 0 Å². The third kappa shape index (κ3) is 10.9. The first-order chi connectivity index (χ1) is 52.5. The lowest BCUT2D eigenvalue weighted by Crippen LogP contribution is -2.01. The maximum Gasteiger partial charge on any atom is 0.164 e. The van der Waals surface area contributed by atoms with Crippen molar-refractivity contribution in [1.29, 1.82) is 0 Å². The van der Waals surface area contributed by atoms with E-state index in [1.165, 1.54) is 21.5 Å². The number of nitrogens with zero attached hydrogens (tertiary/aromatic N) is 8. The summed E-state index contributed by atoms with van der Waals surface area (Å²) in [6, 6.07) is 126. The van der Waals surface area contributed by atoms with Gasteiger partial charge in [-0.15, -0.1) is 0 Å². The number of hydrogen-bond donors (Lipinski definition) is 0. The molecule has 106 heavy (non-hydrogen) atoms. The van der Waals surface area contributed by atoms with Gasteiger partial charge in [0.25, 0.3) is 0 Å². The van der Waals surface area contributed by atoms with Gasteiger partial charge in [-0.3, -0.25) is 0 Å². The Morgan fingerprint density at radius 3 is 0.896 bits per heavy atom. The number of hydrogen-bond acceptors (Lipinski definition) is 8. The molecule has 0 amide bonds. The molecule has 21 aromatic rings. The average Bonchev–Trinajstić information content (AvgIpc) is 1.59. The Bertz CT molecular complexity index is 6850. The Labute approximate surface area is 608 Å². The van der Waals surface area contributed by atoms with Crippen LogP contribution in [0.3, 0.4) is 0 Å². The van der Waals surface area contributed by atoms with Gasteiger partial charge in [0.15, 0.2) is 34.9 Å². The quantitative estimate of drug-likeness (QED) is 0.126. The van der Waals surface area contributed by atoms with Crippen molar-refractivity contribution in [2.24, 2.45) is 0 Å². The molecule has 6 aromatic heterocycles. The minimum Gasteiger partial charge on any atom is -0.455 e. The fraction of sp³-hybridized carbons (Fsp3) is 0. The summed E-state index contributed by atoms with van der Waals surface area (Å²) in [6.45, 7) is 0. The molecule has 6 heterocycles. The van der Waals surface area contributed by atoms with E-state index in [9.17, 15) is 0 Å². The molecule has 496 valence electrons. The molecular formula is C96H60N8O2. The lowest BCUT2D eigenvalue weighted by atomic mass is 10.0. The molecule has 10 heteroatoms. The Kier molecular flexibility index (Phi) is 15.0. The molecule has 0 unspecified atom stereocenters. The number of fused-ring (bicyclic) bond motifs is 12. The van der Waals surface area contributed by atoms with Crippen LogP contribution in [0.1, 0.15) is 0 Å². The van der Waals surface area contributed by atoms with Crippen molar-refractivity contribution in [3.05, 3.63) is 364 Å². The van der Waals surface area contributed by atoms with Gasteiger partial charge >= 0.3 is 0 Å². The van der Waals surface area contributed by atoms with Crippen LogP contribution in [0.25, 0.3) is 201 Å². The molecule has 10 nitrogen and oxygen atoms in total. The highest BCUT2D eigenvalue weighted by molar-refractivity contribution is 6.15. The molecule has 0 aliphatic heterocycles. The van der Waals surface area contributed by atoms with Crippen molar-refractivity contribution in [3.63, 3.8) is 0 Å². The summed E-state index contributed by atoms with van der Waals surface area (Å²) < 4.78 is 17.6. The highest BCUT2D eigenvalue weighted by Crippen LogP contribution is 2.43. The molecule has 0 atom stereocenters. The SMILES string of the molecule is c1ccc(-c2nc(-c3ccccc3)nc(-c3cccc(-c4cccc(-n5c6ccccc6c6cc(-c7cccc8c7oc7ccccc78)ccc65)c4)c3)n2)cc1.c1ccc(-c2nc(-c3ccccc3)nc(-c3cccc(-n4c5ccccc5c5cc(-c6cccc7c6oc6ccccc67)ccc54)c3)n2)cc1. The molecule has 15 aromatic carbocycles. The van der Waals surface area contributed by atoms with Crippen LogP contribution in [-0.4, -0.2) is 39.0 Å². The van der Waals surface area contributed by atoms with Crippen molar-refractivity contribution in [1.82, 2.24) is 39.0 Å². The van der Waals surface area contributed by atoms with Gasteiger partial charge in [-0.25, -0.2) is 29.9 Å². The van der Waals surface area contributed by atoms with Crippen molar-refractivity contribution in [2.75, 3.05) is 0 Å². The van der Waals surface area contributed by atoms with E-state index in [4.69, 9.17) is 38.7 Å². The zero-order valence-electron chi connectivity index (χ0n) is 57.0. The zero-order valence-corrected chi connectivity index (χ0v) is 57.0. The van der Waals surface area contributed by atoms with E-state index in [-0.39, 0.29) is 0 Å². The largest absolute Gasteiger partial charge is 0.455 e. The van der Waals surface area contributed by atoms with Gasteiger partial charge in [-0.2, -0.15) is 0 Å². The van der Waals surface area contributed by atoms with Gasteiger partial charge in [-0.05, 0) is 101 Å². The van der Waals surface area contributed by atoms with E-state index < -0.39 is 0 Å². The normalized spacial score (nSPS) is 11.6. The van der Waals surface area contributed by atoms with Crippen LogP contribution >= 0.6 is 0 Å². The predicted molar refractivity (Wildman–Crippen MR) is 432 cm³/mol. The van der Waals surface area contributed by atoms with Crippen LogP contribution in [0.4, 0.5) is 0 Å². The second kappa shape index (κ2) is 25.8. The number of para-hydroxylation sites is 6. The van der Waals surface area contributed by atoms with Gasteiger partial charge in [0, 0.05) is 99.0 Å². The highest BCUT2D eigenvalue weighted by atomic mass is 16.3. The van der Waals surface area contributed by atoms with E-state index in [0.29, 0.717) is 34.9 Å². The monoisotopic (exact) mass is 1360 g/mol. The number of aromatic nitrogens is 8. The van der Waals surface area contributed by atoms with Crippen molar-refractivity contribution in [3.8, 4) is 113 Å². The molecule has 0 saturated carbocycles. The molecule has 0 aliphatic rings. The van der Waals surface area contributed by atoms with Gasteiger partial charge in [0.05, 0.1) is 22.1 Å². The molecule has 0 aliphatic carbocycles. The summed E-state index contributed by atoms with van der Waals surface area (Å²) >= 11 is 0. The fourth-order valence-electron chi connectivity index (χ4n) is 15.1. The topological polar surface area (TPSA) is 113 Å². The Morgan fingerprint density at radius 1 is 0.179 bits per heavy atom. The maximum absolute atomic E-state index is 6.44. The molecule has 0 radical (unpaired) electrons. The molecule has 0 N–H and O–H groups in total. The summed E-state index contributed by atoms with van der Waals surface area (Å²) in [6.07, 6.45) is 0. The Hall–Kier alpha value is -14.5. The van der Waals surface area contributed by atoms with Crippen LogP contribution in [0, 0.1) is 0 Å². The smallest absolute Gasteiger partial charge is 0.164 e. The van der Waals surface area contributed by atoms with Crippen LogP contribution < -0.4 is 0 Å². The maximum atomic E-state index is 6.44. The van der Waals surface area contributed by atoms with Gasteiger partial charge in [0.2, 0.25) is 0 Å². The van der Waals surface area contributed by atoms with Crippen LogP contribution in [0.15, 0.2) is 373 Å². The first kappa shape index (κ1) is 61.4. The van der Waals surface area contributed by atoms with Crippen molar-refractivity contribution >= 4 is 87.5 Å². The lowest BCUT2D eigenvalue weighted by Gasteiger charge is -2.12. The van der Waals surface area contributed by atoms with Crippen molar-refractivity contribution in [2.45, 2.75) is 0 Å².